The summed E-state index contributed by atoms with van der Waals surface area (Å²) in [6, 6.07) is 8.38. The molecule has 0 bridgehead atoms. The summed E-state index contributed by atoms with van der Waals surface area (Å²) in [5.74, 6) is -0.707. The Morgan fingerprint density at radius 1 is 1.09 bits per heavy atom. The SMILES string of the molecule is Cc1ccc(-n2nccn2)c(C(=O)N2CCN(c3nc4cc(Cl)ccc4s3)CCC2C(F)(F)F)c1. The van der Waals surface area contributed by atoms with Gasteiger partial charge in [0.15, 0.2) is 5.13 Å². The lowest BCUT2D eigenvalue weighted by molar-refractivity contribution is -0.176. The highest BCUT2D eigenvalue weighted by atomic mass is 35.5. The molecule has 35 heavy (non-hydrogen) atoms. The Labute approximate surface area is 207 Å². The van der Waals surface area contributed by atoms with E-state index in [1.165, 1.54) is 28.5 Å². The number of hydrogen-bond donors (Lipinski definition) is 0. The topological polar surface area (TPSA) is 67.2 Å². The molecular weight excluding hydrogens is 501 g/mol. The lowest BCUT2D eigenvalue weighted by Crippen LogP contribution is -2.49. The Morgan fingerprint density at radius 3 is 2.60 bits per heavy atom. The summed E-state index contributed by atoms with van der Waals surface area (Å²) >= 11 is 7.44. The molecule has 4 aromatic rings. The summed E-state index contributed by atoms with van der Waals surface area (Å²) < 4.78 is 43.4. The first-order valence-corrected chi connectivity index (χ1v) is 12.1. The second kappa shape index (κ2) is 9.12. The van der Waals surface area contributed by atoms with Gasteiger partial charge in [0.1, 0.15) is 6.04 Å². The predicted molar refractivity (Wildman–Crippen MR) is 128 cm³/mol. The zero-order valence-electron chi connectivity index (χ0n) is 18.5. The fraction of sp³-hybridized carbons (Fsp3) is 0.304. The van der Waals surface area contributed by atoms with Crippen LogP contribution in [0.3, 0.4) is 0 Å². The number of rotatable bonds is 3. The summed E-state index contributed by atoms with van der Waals surface area (Å²) in [6.07, 6.45) is -1.96. The van der Waals surface area contributed by atoms with Crippen LogP contribution in [0.25, 0.3) is 15.9 Å². The number of nitrogens with zero attached hydrogens (tertiary/aromatic N) is 6. The van der Waals surface area contributed by atoms with E-state index in [4.69, 9.17) is 11.6 Å². The van der Waals surface area contributed by atoms with Gasteiger partial charge in [0.2, 0.25) is 0 Å². The zero-order chi connectivity index (χ0) is 24.7. The first-order valence-electron chi connectivity index (χ1n) is 10.9. The molecule has 182 valence electrons. The molecule has 0 saturated carbocycles. The van der Waals surface area contributed by atoms with Gasteiger partial charge >= 0.3 is 6.18 Å². The molecule has 0 spiro atoms. The van der Waals surface area contributed by atoms with Gasteiger partial charge < -0.3 is 9.80 Å². The minimum Gasteiger partial charge on any atom is -0.346 e. The van der Waals surface area contributed by atoms with Gasteiger partial charge in [-0.15, -0.1) is 0 Å². The number of amides is 1. The summed E-state index contributed by atoms with van der Waals surface area (Å²) in [4.78, 5) is 22.1. The van der Waals surface area contributed by atoms with Crippen LogP contribution in [0.4, 0.5) is 18.3 Å². The summed E-state index contributed by atoms with van der Waals surface area (Å²) in [7, 11) is 0. The smallest absolute Gasteiger partial charge is 0.346 e. The maximum atomic E-state index is 14.2. The summed E-state index contributed by atoms with van der Waals surface area (Å²) in [6.45, 7) is 2.00. The average Bonchev–Trinajstić information content (AvgIpc) is 3.42. The van der Waals surface area contributed by atoms with Crippen molar-refractivity contribution in [1.29, 1.82) is 0 Å². The number of anilines is 1. The summed E-state index contributed by atoms with van der Waals surface area (Å²) in [5, 5.41) is 9.26. The van der Waals surface area contributed by atoms with E-state index >= 15 is 0 Å². The van der Waals surface area contributed by atoms with Crippen molar-refractivity contribution in [2.24, 2.45) is 0 Å². The number of thiazole rings is 1. The minimum atomic E-state index is -4.58. The number of benzene rings is 2. The molecule has 1 atom stereocenters. The van der Waals surface area contributed by atoms with E-state index in [9.17, 15) is 18.0 Å². The van der Waals surface area contributed by atoms with E-state index in [-0.39, 0.29) is 31.6 Å². The van der Waals surface area contributed by atoms with Crippen LogP contribution < -0.4 is 4.90 Å². The molecule has 0 radical (unpaired) electrons. The monoisotopic (exact) mass is 520 g/mol. The molecule has 3 heterocycles. The van der Waals surface area contributed by atoms with Crippen molar-refractivity contribution in [2.45, 2.75) is 25.6 Å². The molecular formula is C23H20ClF3N6OS. The molecule has 1 amide bonds. The molecule has 1 aliphatic rings. The Kier molecular flexibility index (Phi) is 6.14. The molecule has 1 saturated heterocycles. The maximum Gasteiger partial charge on any atom is 0.408 e. The fourth-order valence-electron chi connectivity index (χ4n) is 4.22. The van der Waals surface area contributed by atoms with Crippen molar-refractivity contribution in [2.75, 3.05) is 24.5 Å². The highest BCUT2D eigenvalue weighted by Gasteiger charge is 2.47. The molecule has 0 N–H and O–H groups in total. The van der Waals surface area contributed by atoms with Crippen LogP contribution in [0.5, 0.6) is 0 Å². The third kappa shape index (κ3) is 4.70. The minimum absolute atomic E-state index is 0.111. The molecule has 5 rings (SSSR count). The van der Waals surface area contributed by atoms with Gasteiger partial charge in [-0.25, -0.2) is 4.98 Å². The quantitative estimate of drug-likeness (QED) is 0.375. The fourth-order valence-corrected chi connectivity index (χ4v) is 5.38. The largest absolute Gasteiger partial charge is 0.408 e. The van der Waals surface area contributed by atoms with Gasteiger partial charge in [0.05, 0.1) is 33.9 Å². The second-order valence-electron chi connectivity index (χ2n) is 8.28. The molecule has 1 aliphatic heterocycles. The Hall–Kier alpha value is -3.18. The van der Waals surface area contributed by atoms with E-state index in [2.05, 4.69) is 15.2 Å². The normalized spacial score (nSPS) is 17.1. The van der Waals surface area contributed by atoms with Crippen molar-refractivity contribution < 1.29 is 18.0 Å². The Morgan fingerprint density at radius 2 is 1.86 bits per heavy atom. The van der Waals surface area contributed by atoms with Gasteiger partial charge in [0.25, 0.3) is 5.91 Å². The van der Waals surface area contributed by atoms with E-state index in [0.29, 0.717) is 21.4 Å². The Balaban J connectivity index is 1.48. The third-order valence-electron chi connectivity index (χ3n) is 5.92. The van der Waals surface area contributed by atoms with E-state index < -0.39 is 18.1 Å². The lowest BCUT2D eigenvalue weighted by atomic mass is 10.1. The average molecular weight is 521 g/mol. The second-order valence-corrected chi connectivity index (χ2v) is 9.72. The van der Waals surface area contributed by atoms with Crippen molar-refractivity contribution >= 4 is 44.2 Å². The third-order valence-corrected chi connectivity index (χ3v) is 7.26. The molecule has 12 heteroatoms. The molecule has 2 aromatic carbocycles. The number of fused-ring (bicyclic) bond motifs is 1. The first kappa shape index (κ1) is 23.6. The number of aromatic nitrogens is 4. The predicted octanol–water partition coefficient (Wildman–Crippen LogP) is 5.12. The van der Waals surface area contributed by atoms with Crippen LogP contribution in [0, 0.1) is 6.92 Å². The molecule has 0 aliphatic carbocycles. The zero-order valence-corrected chi connectivity index (χ0v) is 20.1. The molecule has 2 aromatic heterocycles. The van der Waals surface area contributed by atoms with Gasteiger partial charge in [0, 0.05) is 24.7 Å². The van der Waals surface area contributed by atoms with Gasteiger partial charge in [-0.05, 0) is 43.7 Å². The van der Waals surface area contributed by atoms with E-state index in [0.717, 1.165) is 15.2 Å². The number of alkyl halides is 3. The van der Waals surface area contributed by atoms with Crippen LogP contribution in [0.15, 0.2) is 48.8 Å². The number of carbonyl (C=O) groups is 1. The van der Waals surface area contributed by atoms with E-state index in [1.807, 2.05) is 6.07 Å². The van der Waals surface area contributed by atoms with Gasteiger partial charge in [-0.3, -0.25) is 4.79 Å². The number of hydrogen-bond acceptors (Lipinski definition) is 6. The van der Waals surface area contributed by atoms with Crippen molar-refractivity contribution in [3.63, 3.8) is 0 Å². The molecule has 1 unspecified atom stereocenters. The van der Waals surface area contributed by atoms with Crippen LogP contribution in [-0.4, -0.2) is 62.6 Å². The highest BCUT2D eigenvalue weighted by molar-refractivity contribution is 7.22. The van der Waals surface area contributed by atoms with Crippen molar-refractivity contribution in [3.05, 3.63) is 64.9 Å². The number of carbonyl (C=O) groups excluding carboxylic acids is 1. The van der Waals surface area contributed by atoms with E-state index in [1.54, 1.807) is 42.2 Å². The van der Waals surface area contributed by atoms with Crippen LogP contribution in [0.1, 0.15) is 22.3 Å². The van der Waals surface area contributed by atoms with Crippen molar-refractivity contribution in [3.8, 4) is 5.69 Å². The van der Waals surface area contributed by atoms with Gasteiger partial charge in [-0.2, -0.15) is 28.2 Å². The van der Waals surface area contributed by atoms with Gasteiger partial charge in [-0.1, -0.05) is 34.6 Å². The first-order chi connectivity index (χ1) is 16.7. The molecule has 7 nitrogen and oxygen atoms in total. The highest BCUT2D eigenvalue weighted by Crippen LogP contribution is 2.35. The van der Waals surface area contributed by atoms with Crippen LogP contribution in [0.2, 0.25) is 5.02 Å². The standard InChI is InChI=1S/C23H20ClF3N6OS/c1-14-2-4-18(33-28-7-8-29-33)16(12-14)21(34)32-11-10-31(9-6-20(32)23(25,26)27)22-30-17-13-15(24)3-5-19(17)35-22/h2-5,7-8,12-13,20H,6,9-11H2,1H3. The summed E-state index contributed by atoms with van der Waals surface area (Å²) in [5.41, 5.74) is 1.89. The lowest BCUT2D eigenvalue weighted by Gasteiger charge is -2.31. The number of aryl methyl sites for hydroxylation is 1. The van der Waals surface area contributed by atoms with Crippen LogP contribution >= 0.6 is 22.9 Å². The van der Waals surface area contributed by atoms with Crippen LogP contribution in [-0.2, 0) is 0 Å². The van der Waals surface area contributed by atoms with Crippen molar-refractivity contribution in [1.82, 2.24) is 24.9 Å². The maximum absolute atomic E-state index is 14.2. The Bertz CT molecular complexity index is 1370. The molecule has 1 fully saturated rings. The number of halogens is 4.